The van der Waals surface area contributed by atoms with Crippen molar-refractivity contribution in [2.24, 2.45) is 5.73 Å². The molecule has 0 atom stereocenters. The molecule has 0 aliphatic heterocycles. The lowest BCUT2D eigenvalue weighted by molar-refractivity contribution is 0.581. The van der Waals surface area contributed by atoms with Crippen LogP contribution in [-0.2, 0) is 23.1 Å². The first-order valence-corrected chi connectivity index (χ1v) is 8.62. The van der Waals surface area contributed by atoms with Crippen molar-refractivity contribution in [2.75, 3.05) is 0 Å². The molecule has 2 aromatic rings. The number of nitrogens with two attached hydrogens (primary N) is 1. The minimum Gasteiger partial charge on any atom is -0.326 e. The topological polar surface area (TPSA) is 85.1 Å². The summed E-state index contributed by atoms with van der Waals surface area (Å²) >= 11 is 13.2. The fourth-order valence-corrected chi connectivity index (χ4v) is 4.02. The van der Waals surface area contributed by atoms with E-state index >= 15 is 0 Å². The normalized spacial score (nSPS) is 11.8. The van der Waals surface area contributed by atoms with Gasteiger partial charge < -0.3 is 5.73 Å². The van der Waals surface area contributed by atoms with E-state index in [-0.39, 0.29) is 23.0 Å². The Hall–Kier alpha value is -0.700. The molecule has 9 heteroatoms. The molecule has 0 amide bonds. The van der Waals surface area contributed by atoms with Crippen LogP contribution in [0.15, 0.2) is 28.6 Å². The fraction of sp³-hybridized carbons (Fsp3) is 0.182. The van der Waals surface area contributed by atoms with Gasteiger partial charge in [-0.1, -0.05) is 23.2 Å². The Morgan fingerprint density at radius 2 is 2.05 bits per heavy atom. The third kappa shape index (κ3) is 3.49. The van der Waals surface area contributed by atoms with Gasteiger partial charge in [-0.05, 0) is 17.7 Å². The fourth-order valence-electron chi connectivity index (χ4n) is 1.51. The second kappa shape index (κ2) is 6.38. The van der Waals surface area contributed by atoms with Gasteiger partial charge in [-0.15, -0.1) is 11.3 Å². The van der Waals surface area contributed by atoms with E-state index in [0.717, 1.165) is 0 Å². The van der Waals surface area contributed by atoms with Crippen LogP contribution in [0.3, 0.4) is 0 Å². The number of halogens is 2. The number of thiazole rings is 1. The molecule has 108 valence electrons. The Bertz CT molecular complexity index is 703. The van der Waals surface area contributed by atoms with E-state index in [1.54, 1.807) is 11.6 Å². The van der Waals surface area contributed by atoms with E-state index in [4.69, 9.17) is 28.9 Å². The van der Waals surface area contributed by atoms with Crippen molar-refractivity contribution in [2.45, 2.75) is 18.0 Å². The van der Waals surface area contributed by atoms with Gasteiger partial charge in [0, 0.05) is 23.1 Å². The summed E-state index contributed by atoms with van der Waals surface area (Å²) in [6, 6.07) is 2.76. The molecule has 1 heterocycles. The lowest BCUT2D eigenvalue weighted by Crippen LogP contribution is -2.23. The maximum absolute atomic E-state index is 12.2. The van der Waals surface area contributed by atoms with Crippen LogP contribution in [0.2, 0.25) is 10.0 Å². The number of rotatable bonds is 5. The highest BCUT2D eigenvalue weighted by Crippen LogP contribution is 2.28. The van der Waals surface area contributed by atoms with Gasteiger partial charge in [0.05, 0.1) is 11.6 Å². The Kier molecular flexibility index (Phi) is 5.00. The summed E-state index contributed by atoms with van der Waals surface area (Å²) in [5.41, 5.74) is 6.03. The van der Waals surface area contributed by atoms with E-state index in [9.17, 15) is 8.42 Å². The van der Waals surface area contributed by atoms with E-state index in [0.29, 0.717) is 15.6 Å². The molecule has 0 aliphatic carbocycles. The van der Waals surface area contributed by atoms with Crippen molar-refractivity contribution in [1.82, 2.24) is 9.71 Å². The standard InChI is InChI=1S/C11H11Cl2N3O2S2/c12-8-4-9(13)10(3-7(8)5-14)20(17,18)16-6-11-15-1-2-19-11/h1-4,16H,5-6,14H2. The van der Waals surface area contributed by atoms with Gasteiger partial charge in [-0.2, -0.15) is 0 Å². The molecular formula is C11H11Cl2N3O2S2. The average molecular weight is 352 g/mol. The summed E-state index contributed by atoms with van der Waals surface area (Å²) in [5.74, 6) is 0. The number of nitrogens with one attached hydrogen (secondary N) is 1. The van der Waals surface area contributed by atoms with E-state index < -0.39 is 10.0 Å². The molecule has 1 aromatic carbocycles. The Morgan fingerprint density at radius 3 is 2.65 bits per heavy atom. The van der Waals surface area contributed by atoms with Gasteiger partial charge in [-0.3, -0.25) is 0 Å². The molecule has 0 aliphatic rings. The van der Waals surface area contributed by atoms with Crippen LogP contribution in [0.5, 0.6) is 0 Å². The summed E-state index contributed by atoms with van der Waals surface area (Å²) in [5, 5.41) is 2.83. The SMILES string of the molecule is NCc1cc(S(=O)(=O)NCc2nccs2)c(Cl)cc1Cl. The predicted octanol–water partition coefficient (Wildman–Crippen LogP) is 2.39. The first-order chi connectivity index (χ1) is 9.44. The van der Waals surface area contributed by atoms with Crippen LogP contribution in [0.4, 0.5) is 0 Å². The molecule has 20 heavy (non-hydrogen) atoms. The summed E-state index contributed by atoms with van der Waals surface area (Å²) < 4.78 is 26.9. The van der Waals surface area contributed by atoms with Gasteiger partial charge in [0.15, 0.2) is 0 Å². The zero-order valence-electron chi connectivity index (χ0n) is 10.1. The molecule has 0 fully saturated rings. The molecule has 0 spiro atoms. The monoisotopic (exact) mass is 351 g/mol. The maximum Gasteiger partial charge on any atom is 0.242 e. The predicted molar refractivity (Wildman–Crippen MR) is 80.5 cm³/mol. The smallest absolute Gasteiger partial charge is 0.242 e. The molecule has 0 saturated carbocycles. The van der Waals surface area contributed by atoms with Crippen LogP contribution in [0.25, 0.3) is 0 Å². The molecule has 0 bridgehead atoms. The number of nitrogens with zero attached hydrogens (tertiary/aromatic N) is 1. The molecule has 0 unspecified atom stereocenters. The number of hydrogen-bond acceptors (Lipinski definition) is 5. The molecule has 2 rings (SSSR count). The quantitative estimate of drug-likeness (QED) is 0.865. The third-order valence-corrected chi connectivity index (χ3v) is 5.50. The lowest BCUT2D eigenvalue weighted by Gasteiger charge is -2.10. The van der Waals surface area contributed by atoms with Crippen molar-refractivity contribution in [3.8, 4) is 0 Å². The Morgan fingerprint density at radius 1 is 1.30 bits per heavy atom. The Labute approximate surface area is 130 Å². The van der Waals surface area contributed by atoms with Crippen molar-refractivity contribution >= 4 is 44.6 Å². The molecule has 0 saturated heterocycles. The van der Waals surface area contributed by atoms with Crippen molar-refractivity contribution in [3.63, 3.8) is 0 Å². The molecular weight excluding hydrogens is 341 g/mol. The first kappa shape index (κ1) is 15.7. The number of hydrogen-bond donors (Lipinski definition) is 2. The molecule has 3 N–H and O–H groups in total. The first-order valence-electron chi connectivity index (χ1n) is 5.50. The second-order valence-corrected chi connectivity index (χ2v) is 7.36. The van der Waals surface area contributed by atoms with Crippen LogP contribution >= 0.6 is 34.5 Å². The maximum atomic E-state index is 12.2. The zero-order chi connectivity index (χ0) is 14.8. The van der Waals surface area contributed by atoms with E-state index in [1.807, 2.05) is 0 Å². The van der Waals surface area contributed by atoms with Gasteiger partial charge >= 0.3 is 0 Å². The number of aromatic nitrogens is 1. The van der Waals surface area contributed by atoms with Crippen molar-refractivity contribution < 1.29 is 8.42 Å². The highest BCUT2D eigenvalue weighted by atomic mass is 35.5. The summed E-state index contributed by atoms with van der Waals surface area (Å²) in [6.45, 7) is 0.238. The zero-order valence-corrected chi connectivity index (χ0v) is 13.3. The highest BCUT2D eigenvalue weighted by Gasteiger charge is 2.20. The highest BCUT2D eigenvalue weighted by molar-refractivity contribution is 7.89. The van der Waals surface area contributed by atoms with Crippen molar-refractivity contribution in [3.05, 3.63) is 44.3 Å². The van der Waals surface area contributed by atoms with Crippen LogP contribution in [-0.4, -0.2) is 13.4 Å². The summed E-state index contributed by atoms with van der Waals surface area (Å²) in [7, 11) is -3.75. The van der Waals surface area contributed by atoms with E-state index in [1.165, 1.54) is 23.5 Å². The third-order valence-electron chi connectivity index (χ3n) is 2.51. The van der Waals surface area contributed by atoms with Gasteiger partial charge in [0.1, 0.15) is 9.90 Å². The second-order valence-electron chi connectivity index (χ2n) is 3.83. The minimum atomic E-state index is -3.75. The largest absolute Gasteiger partial charge is 0.326 e. The molecule has 5 nitrogen and oxygen atoms in total. The van der Waals surface area contributed by atoms with Gasteiger partial charge in [0.25, 0.3) is 0 Å². The summed E-state index contributed by atoms with van der Waals surface area (Å²) in [6.07, 6.45) is 1.61. The Balaban J connectivity index is 2.29. The van der Waals surface area contributed by atoms with Gasteiger partial charge in [0.2, 0.25) is 10.0 Å². The number of benzene rings is 1. The van der Waals surface area contributed by atoms with E-state index in [2.05, 4.69) is 9.71 Å². The summed E-state index contributed by atoms with van der Waals surface area (Å²) in [4.78, 5) is 3.96. The minimum absolute atomic E-state index is 0.0411. The number of sulfonamides is 1. The molecule has 0 radical (unpaired) electrons. The lowest BCUT2D eigenvalue weighted by atomic mass is 10.2. The van der Waals surface area contributed by atoms with Crippen LogP contribution < -0.4 is 10.5 Å². The molecule has 1 aromatic heterocycles. The van der Waals surface area contributed by atoms with Gasteiger partial charge in [-0.25, -0.2) is 18.1 Å². The van der Waals surface area contributed by atoms with Crippen LogP contribution in [0.1, 0.15) is 10.6 Å². The average Bonchev–Trinajstić information content (AvgIpc) is 2.89. The van der Waals surface area contributed by atoms with Crippen molar-refractivity contribution in [1.29, 1.82) is 0 Å². The van der Waals surface area contributed by atoms with Crippen LogP contribution in [0, 0.1) is 0 Å².